The van der Waals surface area contributed by atoms with Crippen LogP contribution in [0.15, 0.2) is 23.1 Å². The van der Waals surface area contributed by atoms with E-state index >= 15 is 0 Å². The van der Waals surface area contributed by atoms with Gasteiger partial charge >= 0.3 is 0 Å². The lowest BCUT2D eigenvalue weighted by Gasteiger charge is -2.29. The summed E-state index contributed by atoms with van der Waals surface area (Å²) in [6, 6.07) is 4.52. The molecule has 8 heteroatoms. The van der Waals surface area contributed by atoms with Gasteiger partial charge < -0.3 is 15.0 Å². The van der Waals surface area contributed by atoms with Crippen molar-refractivity contribution in [2.45, 2.75) is 23.8 Å². The van der Waals surface area contributed by atoms with E-state index in [2.05, 4.69) is 22.0 Å². The Kier molecular flexibility index (Phi) is 5.61. The Bertz CT molecular complexity index is 667. The highest BCUT2D eigenvalue weighted by Crippen LogP contribution is 2.24. The minimum atomic E-state index is -3.70. The summed E-state index contributed by atoms with van der Waals surface area (Å²) in [4.78, 5) is 14.6. The van der Waals surface area contributed by atoms with E-state index in [1.54, 1.807) is 6.07 Å². The van der Waals surface area contributed by atoms with Gasteiger partial charge in [0, 0.05) is 11.6 Å². The van der Waals surface area contributed by atoms with Crippen LogP contribution in [0.4, 0.5) is 0 Å². The molecule has 0 spiro atoms. The highest BCUT2D eigenvalue weighted by molar-refractivity contribution is 7.89. The number of likely N-dealkylation sites (tertiary alicyclic amines) is 1. The van der Waals surface area contributed by atoms with E-state index in [1.807, 2.05) is 0 Å². The monoisotopic (exact) mass is 341 g/mol. The molecule has 7 nitrogen and oxygen atoms in total. The molecule has 1 aromatic carbocycles. The average molecular weight is 341 g/mol. The van der Waals surface area contributed by atoms with Crippen LogP contribution in [0, 0.1) is 0 Å². The first-order valence-corrected chi connectivity index (χ1v) is 8.96. The second-order valence-corrected chi connectivity index (χ2v) is 7.48. The summed E-state index contributed by atoms with van der Waals surface area (Å²) in [5.74, 6) is -0.0649. The zero-order valence-corrected chi connectivity index (χ0v) is 14.4. The SMILES string of the molecule is CNS(=O)(=O)c1cc(C(=O)NC2CCN(C)CC2)ccc1OC. The third-order valence-corrected chi connectivity index (χ3v) is 5.47. The Morgan fingerprint density at radius 2 is 1.96 bits per heavy atom. The second kappa shape index (κ2) is 7.29. The fraction of sp³-hybridized carbons (Fsp3) is 0.533. The van der Waals surface area contributed by atoms with Crippen LogP contribution < -0.4 is 14.8 Å². The molecule has 0 unspecified atom stereocenters. The normalized spacial score (nSPS) is 17.0. The molecule has 2 rings (SSSR count). The number of carbonyl (C=O) groups excluding carboxylic acids is 1. The van der Waals surface area contributed by atoms with Crippen LogP contribution in [0.5, 0.6) is 5.75 Å². The molecule has 0 bridgehead atoms. The van der Waals surface area contributed by atoms with Crippen LogP contribution in [0.3, 0.4) is 0 Å². The predicted octanol–water partition coefficient (Wildman–Crippen LogP) is 0.427. The number of benzene rings is 1. The molecule has 2 N–H and O–H groups in total. The topological polar surface area (TPSA) is 87.7 Å². The third kappa shape index (κ3) is 4.21. The number of rotatable bonds is 5. The molecule has 1 aromatic rings. The summed E-state index contributed by atoms with van der Waals surface area (Å²) in [5.41, 5.74) is 0.304. The molecule has 23 heavy (non-hydrogen) atoms. The highest BCUT2D eigenvalue weighted by Gasteiger charge is 2.22. The summed E-state index contributed by atoms with van der Waals surface area (Å²) >= 11 is 0. The minimum absolute atomic E-state index is 0.0430. The number of sulfonamides is 1. The van der Waals surface area contributed by atoms with Gasteiger partial charge in [-0.15, -0.1) is 0 Å². The number of nitrogens with one attached hydrogen (secondary N) is 2. The van der Waals surface area contributed by atoms with Gasteiger partial charge in [-0.2, -0.15) is 0 Å². The maximum absolute atomic E-state index is 12.4. The molecule has 0 aliphatic carbocycles. The van der Waals surface area contributed by atoms with Gasteiger partial charge in [0.15, 0.2) is 0 Å². The van der Waals surface area contributed by atoms with Crippen molar-refractivity contribution in [1.29, 1.82) is 0 Å². The van der Waals surface area contributed by atoms with Crippen molar-refractivity contribution >= 4 is 15.9 Å². The van der Waals surface area contributed by atoms with Crippen LogP contribution >= 0.6 is 0 Å². The Hall–Kier alpha value is -1.64. The Balaban J connectivity index is 2.19. The maximum Gasteiger partial charge on any atom is 0.251 e. The van der Waals surface area contributed by atoms with Crippen molar-refractivity contribution in [2.75, 3.05) is 34.3 Å². The molecular formula is C15H23N3O4S. The quantitative estimate of drug-likeness (QED) is 0.811. The van der Waals surface area contributed by atoms with Crippen LogP contribution in [0.2, 0.25) is 0 Å². The van der Waals surface area contributed by atoms with Gasteiger partial charge in [-0.05, 0) is 58.2 Å². The van der Waals surface area contributed by atoms with Gasteiger partial charge in [0.25, 0.3) is 5.91 Å². The number of hydrogen-bond acceptors (Lipinski definition) is 5. The van der Waals surface area contributed by atoms with Crippen molar-refractivity contribution < 1.29 is 17.9 Å². The van der Waals surface area contributed by atoms with Crippen LogP contribution in [-0.4, -0.2) is 59.6 Å². The Labute approximate surface area is 137 Å². The molecule has 0 atom stereocenters. The summed E-state index contributed by atoms with van der Waals surface area (Å²) in [6.45, 7) is 1.87. The minimum Gasteiger partial charge on any atom is -0.495 e. The molecule has 0 aromatic heterocycles. The second-order valence-electron chi connectivity index (χ2n) is 5.62. The molecule has 1 fully saturated rings. The van der Waals surface area contributed by atoms with Gasteiger partial charge in [-0.25, -0.2) is 13.1 Å². The lowest BCUT2D eigenvalue weighted by molar-refractivity contribution is 0.0916. The average Bonchev–Trinajstić information content (AvgIpc) is 2.56. The number of ether oxygens (including phenoxy) is 1. The van der Waals surface area contributed by atoms with E-state index in [9.17, 15) is 13.2 Å². The van der Waals surface area contributed by atoms with E-state index < -0.39 is 10.0 Å². The van der Waals surface area contributed by atoms with Crippen molar-refractivity contribution in [3.8, 4) is 5.75 Å². The van der Waals surface area contributed by atoms with Crippen molar-refractivity contribution in [3.05, 3.63) is 23.8 Å². The van der Waals surface area contributed by atoms with Crippen LogP contribution in [0.1, 0.15) is 23.2 Å². The van der Waals surface area contributed by atoms with Gasteiger partial charge in [0.1, 0.15) is 10.6 Å². The standard InChI is InChI=1S/C15H23N3O4S/c1-16-23(20,21)14-10-11(4-5-13(14)22-3)15(19)17-12-6-8-18(2)9-7-12/h4-5,10,12,16H,6-9H2,1-3H3,(H,17,19). The van der Waals surface area contributed by atoms with Crippen molar-refractivity contribution in [1.82, 2.24) is 14.9 Å². The number of methoxy groups -OCH3 is 1. The van der Waals surface area contributed by atoms with E-state index in [-0.39, 0.29) is 22.6 Å². The first-order valence-electron chi connectivity index (χ1n) is 7.48. The summed E-state index contributed by atoms with van der Waals surface area (Å²) < 4.78 is 31.4. The first-order chi connectivity index (χ1) is 10.9. The molecule has 1 aliphatic rings. The number of carbonyl (C=O) groups is 1. The molecule has 128 valence electrons. The third-order valence-electron chi connectivity index (χ3n) is 4.04. The Morgan fingerprint density at radius 1 is 1.30 bits per heavy atom. The van der Waals surface area contributed by atoms with Gasteiger partial charge in [0.2, 0.25) is 10.0 Å². The molecule has 1 heterocycles. The van der Waals surface area contributed by atoms with E-state index in [4.69, 9.17) is 4.74 Å². The number of amides is 1. The summed E-state index contributed by atoms with van der Waals surface area (Å²) in [7, 11) is 1.06. The van der Waals surface area contributed by atoms with Crippen molar-refractivity contribution in [2.24, 2.45) is 0 Å². The van der Waals surface area contributed by atoms with E-state index in [1.165, 1.54) is 26.3 Å². The molecule has 0 radical (unpaired) electrons. The first kappa shape index (κ1) is 17.7. The van der Waals surface area contributed by atoms with Crippen LogP contribution in [-0.2, 0) is 10.0 Å². The lowest BCUT2D eigenvalue weighted by atomic mass is 10.0. The molecule has 0 saturated carbocycles. The maximum atomic E-state index is 12.4. The fourth-order valence-corrected chi connectivity index (χ4v) is 3.48. The van der Waals surface area contributed by atoms with E-state index in [0.717, 1.165) is 25.9 Å². The Morgan fingerprint density at radius 3 is 2.52 bits per heavy atom. The number of nitrogens with zero attached hydrogens (tertiary/aromatic N) is 1. The number of hydrogen-bond donors (Lipinski definition) is 2. The van der Waals surface area contributed by atoms with E-state index in [0.29, 0.717) is 5.56 Å². The van der Waals surface area contributed by atoms with Crippen LogP contribution in [0.25, 0.3) is 0 Å². The highest BCUT2D eigenvalue weighted by atomic mass is 32.2. The zero-order valence-electron chi connectivity index (χ0n) is 13.6. The zero-order chi connectivity index (χ0) is 17.0. The molecular weight excluding hydrogens is 318 g/mol. The fourth-order valence-electron chi connectivity index (χ4n) is 2.56. The molecule has 1 aliphatic heterocycles. The smallest absolute Gasteiger partial charge is 0.251 e. The molecule has 1 amide bonds. The number of piperidine rings is 1. The predicted molar refractivity (Wildman–Crippen MR) is 87.2 cm³/mol. The summed E-state index contributed by atoms with van der Waals surface area (Å²) in [6.07, 6.45) is 1.78. The largest absolute Gasteiger partial charge is 0.495 e. The van der Waals surface area contributed by atoms with Gasteiger partial charge in [0.05, 0.1) is 7.11 Å². The van der Waals surface area contributed by atoms with Gasteiger partial charge in [-0.3, -0.25) is 4.79 Å². The summed E-state index contributed by atoms with van der Waals surface area (Å²) in [5, 5.41) is 2.97. The molecule has 1 saturated heterocycles. The van der Waals surface area contributed by atoms with Gasteiger partial charge in [-0.1, -0.05) is 0 Å². The lowest BCUT2D eigenvalue weighted by Crippen LogP contribution is -2.43. The van der Waals surface area contributed by atoms with Crippen molar-refractivity contribution in [3.63, 3.8) is 0 Å².